The van der Waals surface area contributed by atoms with Gasteiger partial charge in [-0.2, -0.15) is 0 Å². The lowest BCUT2D eigenvalue weighted by Gasteiger charge is -2.07. The van der Waals surface area contributed by atoms with Crippen molar-refractivity contribution in [2.24, 2.45) is 0 Å². The number of esters is 2. The Kier molecular flexibility index (Phi) is 7.69. The van der Waals surface area contributed by atoms with E-state index in [0.717, 1.165) is 22.7 Å². The van der Waals surface area contributed by atoms with Crippen LogP contribution in [0.15, 0.2) is 16.6 Å². The molecule has 0 saturated heterocycles. The Morgan fingerprint density at radius 2 is 1.88 bits per heavy atom. The number of hydrogen-bond donors (Lipinski definition) is 1. The quantitative estimate of drug-likeness (QED) is 0.369. The van der Waals surface area contributed by atoms with Gasteiger partial charge in [-0.25, -0.2) is 9.59 Å². The smallest absolute Gasteiger partial charge is 0.348 e. The second-order valence-corrected chi connectivity index (χ2v) is 9.66. The molecular formula is C20H22N4O5S3. The van der Waals surface area contributed by atoms with E-state index in [9.17, 15) is 14.4 Å². The summed E-state index contributed by atoms with van der Waals surface area (Å²) in [4.78, 5) is 38.3. The molecule has 1 amide bonds. The van der Waals surface area contributed by atoms with E-state index < -0.39 is 11.9 Å². The van der Waals surface area contributed by atoms with E-state index in [-0.39, 0.29) is 27.1 Å². The van der Waals surface area contributed by atoms with Crippen LogP contribution in [-0.4, -0.2) is 52.6 Å². The van der Waals surface area contributed by atoms with Crippen molar-refractivity contribution < 1.29 is 23.9 Å². The van der Waals surface area contributed by atoms with E-state index in [4.69, 9.17) is 9.47 Å². The molecular weight excluding hydrogens is 472 g/mol. The molecule has 3 heterocycles. The van der Waals surface area contributed by atoms with E-state index in [1.165, 1.54) is 30.9 Å². The van der Waals surface area contributed by atoms with Gasteiger partial charge in [0.15, 0.2) is 11.0 Å². The van der Waals surface area contributed by atoms with Gasteiger partial charge in [-0.15, -0.1) is 32.9 Å². The summed E-state index contributed by atoms with van der Waals surface area (Å²) in [6, 6.07) is 2.05. The van der Waals surface area contributed by atoms with Gasteiger partial charge in [-0.3, -0.25) is 4.79 Å². The number of anilines is 1. The standard InChI is InChI=1S/C20H22N4O5S3/c1-6-24-16(12-7-10(2)30-8-12)22-23-20(24)31-9-13(25)21-17-14(18(26)28-4)11(3)15(32-17)19(27)29-5/h7-8H,6,9H2,1-5H3,(H,21,25). The maximum absolute atomic E-state index is 12.6. The molecule has 0 saturated carbocycles. The molecule has 0 radical (unpaired) electrons. The summed E-state index contributed by atoms with van der Waals surface area (Å²) < 4.78 is 11.5. The second-order valence-electron chi connectivity index (χ2n) is 6.58. The van der Waals surface area contributed by atoms with Crippen LogP contribution in [-0.2, 0) is 20.8 Å². The molecule has 3 aromatic rings. The average Bonchev–Trinajstić information content (AvgIpc) is 3.47. The van der Waals surface area contributed by atoms with Crippen molar-refractivity contribution >= 4 is 57.3 Å². The molecule has 0 aromatic carbocycles. The van der Waals surface area contributed by atoms with Crippen molar-refractivity contribution in [3.8, 4) is 11.4 Å². The predicted molar refractivity (Wildman–Crippen MR) is 125 cm³/mol. The summed E-state index contributed by atoms with van der Waals surface area (Å²) in [6.45, 7) is 6.28. The molecule has 3 rings (SSSR count). The van der Waals surface area contributed by atoms with Crippen molar-refractivity contribution in [1.29, 1.82) is 0 Å². The number of methoxy groups -OCH3 is 2. The summed E-state index contributed by atoms with van der Waals surface area (Å²) in [6.07, 6.45) is 0. The van der Waals surface area contributed by atoms with Crippen LogP contribution in [0.1, 0.15) is 37.4 Å². The van der Waals surface area contributed by atoms with Gasteiger partial charge < -0.3 is 19.4 Å². The molecule has 0 aliphatic carbocycles. The average molecular weight is 495 g/mol. The third-order valence-corrected chi connectivity index (χ3v) is 7.53. The van der Waals surface area contributed by atoms with Crippen molar-refractivity contribution in [2.75, 3.05) is 25.3 Å². The largest absolute Gasteiger partial charge is 0.465 e. The van der Waals surface area contributed by atoms with Crippen LogP contribution in [0.4, 0.5) is 5.00 Å². The number of carbonyl (C=O) groups is 3. The zero-order valence-electron chi connectivity index (χ0n) is 18.2. The van der Waals surface area contributed by atoms with Crippen LogP contribution in [0.25, 0.3) is 11.4 Å². The monoisotopic (exact) mass is 494 g/mol. The van der Waals surface area contributed by atoms with E-state index in [0.29, 0.717) is 17.3 Å². The molecule has 9 nitrogen and oxygen atoms in total. The Hall–Kier alpha value is -2.70. The van der Waals surface area contributed by atoms with Crippen molar-refractivity contribution in [3.63, 3.8) is 0 Å². The fourth-order valence-electron chi connectivity index (χ4n) is 2.98. The molecule has 0 bridgehead atoms. The van der Waals surface area contributed by atoms with Gasteiger partial charge in [0, 0.05) is 22.4 Å². The van der Waals surface area contributed by atoms with E-state index >= 15 is 0 Å². The Morgan fingerprint density at radius 3 is 2.47 bits per heavy atom. The maximum Gasteiger partial charge on any atom is 0.348 e. The third kappa shape index (κ3) is 4.87. The number of ether oxygens (including phenoxy) is 2. The normalized spacial score (nSPS) is 10.8. The van der Waals surface area contributed by atoms with Gasteiger partial charge in [0.25, 0.3) is 0 Å². The highest BCUT2D eigenvalue weighted by molar-refractivity contribution is 7.99. The lowest BCUT2D eigenvalue weighted by atomic mass is 10.1. The van der Waals surface area contributed by atoms with Gasteiger partial charge in [-0.05, 0) is 32.4 Å². The van der Waals surface area contributed by atoms with Crippen molar-refractivity contribution in [1.82, 2.24) is 14.8 Å². The second kappa shape index (κ2) is 10.3. The number of aryl methyl sites for hydroxylation is 1. The molecule has 1 N–H and O–H groups in total. The zero-order valence-corrected chi connectivity index (χ0v) is 20.6. The Balaban J connectivity index is 1.76. The van der Waals surface area contributed by atoms with Gasteiger partial charge in [0.2, 0.25) is 5.91 Å². The molecule has 12 heteroatoms. The molecule has 3 aromatic heterocycles. The highest BCUT2D eigenvalue weighted by Gasteiger charge is 2.27. The van der Waals surface area contributed by atoms with Gasteiger partial charge in [0.05, 0.1) is 25.5 Å². The molecule has 0 atom stereocenters. The van der Waals surface area contributed by atoms with Gasteiger partial charge >= 0.3 is 11.9 Å². The molecule has 170 valence electrons. The highest BCUT2D eigenvalue weighted by Crippen LogP contribution is 2.34. The minimum Gasteiger partial charge on any atom is -0.465 e. The number of nitrogens with zero attached hydrogens (tertiary/aromatic N) is 3. The Morgan fingerprint density at radius 1 is 1.16 bits per heavy atom. The maximum atomic E-state index is 12.6. The fraction of sp³-hybridized carbons (Fsp3) is 0.350. The van der Waals surface area contributed by atoms with E-state index in [1.807, 2.05) is 29.9 Å². The summed E-state index contributed by atoms with van der Waals surface area (Å²) in [7, 11) is 2.49. The third-order valence-electron chi connectivity index (χ3n) is 4.51. The van der Waals surface area contributed by atoms with Gasteiger partial charge in [0.1, 0.15) is 9.88 Å². The number of thioether (sulfide) groups is 1. The number of carbonyl (C=O) groups excluding carboxylic acids is 3. The first-order valence-corrected chi connectivity index (χ1v) is 12.2. The molecule has 0 spiro atoms. The van der Waals surface area contributed by atoms with Gasteiger partial charge in [-0.1, -0.05) is 11.8 Å². The van der Waals surface area contributed by atoms with E-state index in [1.54, 1.807) is 18.3 Å². The number of nitrogens with one attached hydrogen (secondary N) is 1. The summed E-state index contributed by atoms with van der Waals surface area (Å²) in [5.41, 5.74) is 1.53. The fourth-order valence-corrected chi connectivity index (χ4v) is 5.60. The molecule has 0 aliphatic rings. The predicted octanol–water partition coefficient (Wildman–Crippen LogP) is 4.01. The minimum atomic E-state index is -0.640. The number of rotatable bonds is 8. The zero-order chi connectivity index (χ0) is 23.4. The lowest BCUT2D eigenvalue weighted by molar-refractivity contribution is -0.113. The number of aromatic nitrogens is 3. The highest BCUT2D eigenvalue weighted by atomic mass is 32.2. The number of amides is 1. The Bertz CT molecular complexity index is 1160. The SMILES string of the molecule is CCn1c(SCC(=O)Nc2sc(C(=O)OC)c(C)c2C(=O)OC)nnc1-c1csc(C)c1. The lowest BCUT2D eigenvalue weighted by Crippen LogP contribution is -2.16. The summed E-state index contributed by atoms with van der Waals surface area (Å²) >= 11 is 3.85. The van der Waals surface area contributed by atoms with Crippen LogP contribution >= 0.6 is 34.4 Å². The Labute approximate surface area is 197 Å². The first-order valence-electron chi connectivity index (χ1n) is 9.52. The number of hydrogen-bond acceptors (Lipinski definition) is 10. The van der Waals surface area contributed by atoms with Crippen molar-refractivity contribution in [3.05, 3.63) is 32.3 Å². The summed E-state index contributed by atoms with van der Waals surface area (Å²) in [5, 5.41) is 14.1. The first kappa shape index (κ1) is 24.0. The molecule has 0 aliphatic heterocycles. The molecule has 0 unspecified atom stereocenters. The van der Waals surface area contributed by atoms with Crippen LogP contribution in [0, 0.1) is 13.8 Å². The first-order chi connectivity index (χ1) is 15.3. The summed E-state index contributed by atoms with van der Waals surface area (Å²) in [5.74, 6) is -0.773. The number of thiophene rings is 2. The van der Waals surface area contributed by atoms with Crippen LogP contribution in [0.2, 0.25) is 0 Å². The van der Waals surface area contributed by atoms with Crippen LogP contribution in [0.3, 0.4) is 0 Å². The van der Waals surface area contributed by atoms with Crippen LogP contribution < -0.4 is 5.32 Å². The molecule has 32 heavy (non-hydrogen) atoms. The van der Waals surface area contributed by atoms with Crippen LogP contribution in [0.5, 0.6) is 0 Å². The van der Waals surface area contributed by atoms with E-state index in [2.05, 4.69) is 15.5 Å². The van der Waals surface area contributed by atoms with Crippen molar-refractivity contribution in [2.45, 2.75) is 32.5 Å². The minimum absolute atomic E-state index is 0.0475. The topological polar surface area (TPSA) is 112 Å². The molecule has 0 fully saturated rings.